The van der Waals surface area contributed by atoms with Gasteiger partial charge in [-0.1, -0.05) is 45.7 Å². The molecule has 1 aromatic heterocycles. The molecule has 2 fully saturated rings. The molecule has 3 heterocycles. The summed E-state index contributed by atoms with van der Waals surface area (Å²) in [5.41, 5.74) is 0. The van der Waals surface area contributed by atoms with E-state index in [0.717, 1.165) is 52.6 Å². The minimum Gasteiger partial charge on any atom is -0.380 e. The first-order chi connectivity index (χ1) is 12.2. The molecule has 5 nitrogen and oxygen atoms in total. The molecule has 2 aliphatic heterocycles. The van der Waals surface area contributed by atoms with E-state index >= 15 is 0 Å². The standard InChI is InChI=1S/C18H34N3O2PSSi/c1-18(2,3)26(4,5)21-7-6-17(16-21)24(25,19-8-12-22-13-9-19)20-10-14-23-15-11-20/h6-7,16H,8-15H2,1-5H3. The lowest BCUT2D eigenvalue weighted by Crippen LogP contribution is -2.47. The third-order valence-corrected chi connectivity index (χ3v) is 16.8. The van der Waals surface area contributed by atoms with Gasteiger partial charge in [0.1, 0.15) is 6.34 Å². The Balaban J connectivity index is 1.99. The summed E-state index contributed by atoms with van der Waals surface area (Å²) < 4.78 is 18.8. The zero-order valence-corrected chi connectivity index (χ0v) is 19.6. The van der Waals surface area contributed by atoms with E-state index in [9.17, 15) is 0 Å². The summed E-state index contributed by atoms with van der Waals surface area (Å²) in [6.07, 6.45) is 2.68. The molecular weight excluding hydrogens is 381 g/mol. The molecule has 3 rings (SSSR count). The number of hydrogen-bond acceptors (Lipinski definition) is 3. The van der Waals surface area contributed by atoms with Gasteiger partial charge in [-0.2, -0.15) is 0 Å². The average Bonchev–Trinajstić information content (AvgIpc) is 3.13. The number of ether oxygens (including phenoxy) is 2. The summed E-state index contributed by atoms with van der Waals surface area (Å²) in [5, 5.41) is 1.63. The third-order valence-electron chi connectivity index (χ3n) is 6.24. The van der Waals surface area contributed by atoms with Crippen molar-refractivity contribution in [3.05, 3.63) is 18.5 Å². The van der Waals surface area contributed by atoms with E-state index < -0.39 is 14.6 Å². The highest BCUT2D eigenvalue weighted by atomic mass is 32.4. The van der Waals surface area contributed by atoms with E-state index in [-0.39, 0.29) is 0 Å². The van der Waals surface area contributed by atoms with Gasteiger partial charge in [0, 0.05) is 37.7 Å². The average molecular weight is 416 g/mol. The Kier molecular flexibility index (Phi) is 6.20. The van der Waals surface area contributed by atoms with E-state index in [1.54, 1.807) is 0 Å². The largest absolute Gasteiger partial charge is 0.380 e. The second kappa shape index (κ2) is 7.78. The lowest BCUT2D eigenvalue weighted by molar-refractivity contribution is 0.0589. The van der Waals surface area contributed by atoms with E-state index in [0.29, 0.717) is 5.04 Å². The van der Waals surface area contributed by atoms with Crippen LogP contribution >= 0.6 is 6.34 Å². The molecule has 0 N–H and O–H groups in total. The minimum atomic E-state index is -1.98. The Morgan fingerprint density at radius 3 is 1.85 bits per heavy atom. The molecule has 0 unspecified atom stereocenters. The van der Waals surface area contributed by atoms with Crippen molar-refractivity contribution >= 4 is 31.7 Å². The van der Waals surface area contributed by atoms with Crippen LogP contribution in [0.5, 0.6) is 0 Å². The molecule has 0 saturated carbocycles. The lowest BCUT2D eigenvalue weighted by Gasteiger charge is -2.45. The van der Waals surface area contributed by atoms with Gasteiger partial charge in [-0.3, -0.25) is 9.34 Å². The van der Waals surface area contributed by atoms with Crippen LogP contribution in [0.25, 0.3) is 0 Å². The van der Waals surface area contributed by atoms with E-state index in [4.69, 9.17) is 21.3 Å². The first-order valence-electron chi connectivity index (χ1n) is 9.63. The van der Waals surface area contributed by atoms with Gasteiger partial charge in [-0.25, -0.2) is 0 Å². The van der Waals surface area contributed by atoms with Gasteiger partial charge in [0.15, 0.2) is 8.24 Å². The van der Waals surface area contributed by atoms with Crippen molar-refractivity contribution in [2.24, 2.45) is 0 Å². The Morgan fingerprint density at radius 1 is 0.962 bits per heavy atom. The van der Waals surface area contributed by atoms with Crippen molar-refractivity contribution < 1.29 is 9.47 Å². The number of hydrogen-bond donors (Lipinski definition) is 0. The highest BCUT2D eigenvalue weighted by molar-refractivity contribution is 8.15. The zero-order valence-electron chi connectivity index (χ0n) is 16.9. The SMILES string of the molecule is CC(C)(C)[Si](C)(C)n1ccc(P(=S)(N2CCOCC2)N2CCOCC2)c1. The molecule has 26 heavy (non-hydrogen) atoms. The molecule has 1 aromatic rings. The molecule has 0 atom stereocenters. The third kappa shape index (κ3) is 3.77. The van der Waals surface area contributed by atoms with Crippen LogP contribution in [0.15, 0.2) is 18.5 Å². The van der Waals surface area contributed by atoms with Crippen LogP contribution in [-0.4, -0.2) is 74.4 Å². The van der Waals surface area contributed by atoms with Crippen LogP contribution in [0.1, 0.15) is 20.8 Å². The molecule has 0 amide bonds. The lowest BCUT2D eigenvalue weighted by atomic mass is 10.2. The van der Waals surface area contributed by atoms with E-state index in [1.807, 2.05) is 0 Å². The summed E-state index contributed by atoms with van der Waals surface area (Å²) in [4.78, 5) is 0. The fraction of sp³-hybridized carbons (Fsp3) is 0.778. The highest BCUT2D eigenvalue weighted by Crippen LogP contribution is 2.53. The number of morpholine rings is 2. The number of rotatable bonds is 4. The van der Waals surface area contributed by atoms with Crippen LogP contribution in [-0.2, 0) is 21.3 Å². The van der Waals surface area contributed by atoms with Crippen molar-refractivity contribution in [2.45, 2.75) is 38.9 Å². The van der Waals surface area contributed by atoms with Crippen molar-refractivity contribution in [3.63, 3.8) is 0 Å². The van der Waals surface area contributed by atoms with Crippen LogP contribution in [0.3, 0.4) is 0 Å². The molecule has 148 valence electrons. The molecule has 0 aliphatic carbocycles. The number of aromatic nitrogens is 1. The zero-order chi connectivity index (χ0) is 19.0. The molecule has 0 spiro atoms. The van der Waals surface area contributed by atoms with Crippen molar-refractivity contribution in [2.75, 3.05) is 52.6 Å². The topological polar surface area (TPSA) is 29.9 Å². The van der Waals surface area contributed by atoms with Gasteiger partial charge in [0.25, 0.3) is 0 Å². The summed E-state index contributed by atoms with van der Waals surface area (Å²) in [7, 11) is -1.64. The predicted molar refractivity (Wildman–Crippen MR) is 116 cm³/mol. The summed E-state index contributed by atoms with van der Waals surface area (Å²) >= 11 is 6.49. The molecule has 0 aromatic carbocycles. The summed E-state index contributed by atoms with van der Waals surface area (Å²) in [6, 6.07) is 2.30. The van der Waals surface area contributed by atoms with Crippen LogP contribution < -0.4 is 5.30 Å². The molecule has 8 heteroatoms. The van der Waals surface area contributed by atoms with Crippen LogP contribution in [0, 0.1) is 0 Å². The Labute approximate surface area is 164 Å². The highest BCUT2D eigenvalue weighted by Gasteiger charge is 2.40. The fourth-order valence-electron chi connectivity index (χ4n) is 3.45. The first kappa shape index (κ1) is 20.7. The van der Waals surface area contributed by atoms with Gasteiger partial charge in [0.05, 0.1) is 26.4 Å². The van der Waals surface area contributed by atoms with Gasteiger partial charge >= 0.3 is 0 Å². The first-order valence-corrected chi connectivity index (χ1v) is 15.3. The van der Waals surface area contributed by atoms with E-state index in [1.165, 1.54) is 5.30 Å². The number of nitrogens with zero attached hydrogens (tertiary/aromatic N) is 3. The molecule has 0 radical (unpaired) electrons. The second-order valence-electron chi connectivity index (χ2n) is 8.76. The second-order valence-corrected chi connectivity index (χ2v) is 18.2. The Hall–Kier alpha value is -0.0131. The maximum atomic E-state index is 6.49. The van der Waals surface area contributed by atoms with Gasteiger partial charge in [-0.15, -0.1) is 0 Å². The van der Waals surface area contributed by atoms with Gasteiger partial charge in [0.2, 0.25) is 0 Å². The normalized spacial score (nSPS) is 21.9. The quantitative estimate of drug-likeness (QED) is 0.557. The monoisotopic (exact) mass is 415 g/mol. The van der Waals surface area contributed by atoms with Crippen LogP contribution in [0.4, 0.5) is 0 Å². The predicted octanol–water partition coefficient (Wildman–Crippen LogP) is 2.94. The smallest absolute Gasteiger partial charge is 0.160 e. The van der Waals surface area contributed by atoms with Gasteiger partial charge < -0.3 is 13.7 Å². The molecular formula is C18H34N3O2PSSi. The maximum Gasteiger partial charge on any atom is 0.160 e. The van der Waals surface area contributed by atoms with Crippen molar-refractivity contribution in [1.82, 2.24) is 13.6 Å². The summed E-state index contributed by atoms with van der Waals surface area (Å²) in [5.74, 6) is 0. The maximum absolute atomic E-state index is 6.49. The van der Waals surface area contributed by atoms with Crippen LogP contribution in [0.2, 0.25) is 18.1 Å². The fourth-order valence-corrected chi connectivity index (χ4v) is 9.50. The molecule has 0 bridgehead atoms. The van der Waals surface area contributed by atoms with Crippen molar-refractivity contribution in [1.29, 1.82) is 0 Å². The molecule has 2 aliphatic rings. The van der Waals surface area contributed by atoms with E-state index in [2.05, 4.69) is 65.9 Å². The van der Waals surface area contributed by atoms with Crippen molar-refractivity contribution in [3.8, 4) is 0 Å². The summed E-state index contributed by atoms with van der Waals surface area (Å²) in [6.45, 7) is 18.8. The molecule has 2 saturated heterocycles. The Bertz CT molecular complexity index is 640. The van der Waals surface area contributed by atoms with Gasteiger partial charge in [-0.05, 0) is 17.3 Å². The Morgan fingerprint density at radius 2 is 1.42 bits per heavy atom. The minimum absolute atomic E-state index is 0.295.